The van der Waals surface area contributed by atoms with E-state index in [-0.39, 0.29) is 0 Å². The fourth-order valence-electron chi connectivity index (χ4n) is 2.38. The van der Waals surface area contributed by atoms with E-state index >= 15 is 0 Å². The van der Waals surface area contributed by atoms with Gasteiger partial charge in [-0.3, -0.25) is 4.90 Å². The Labute approximate surface area is 122 Å². The summed E-state index contributed by atoms with van der Waals surface area (Å²) in [5, 5.41) is 0.890. The molecule has 0 bridgehead atoms. The standard InChI is InChI=1S/C14H17N3S2/c1-10-3-4-12(19-10)9-17-6-5-13-11(8-17)7-15-14(16-13)18-2/h3-4,7H,5-6,8-9H2,1-2H3. The smallest absolute Gasteiger partial charge is 0.187 e. The second kappa shape index (κ2) is 5.61. The van der Waals surface area contributed by atoms with E-state index in [1.807, 2.05) is 23.8 Å². The molecular weight excluding hydrogens is 274 g/mol. The zero-order chi connectivity index (χ0) is 13.2. The van der Waals surface area contributed by atoms with Gasteiger partial charge in [0.25, 0.3) is 0 Å². The van der Waals surface area contributed by atoms with Crippen molar-refractivity contribution in [2.75, 3.05) is 12.8 Å². The quantitative estimate of drug-likeness (QED) is 0.642. The van der Waals surface area contributed by atoms with Crippen LogP contribution in [0.2, 0.25) is 0 Å². The Bertz CT molecular complexity index is 580. The highest BCUT2D eigenvalue weighted by molar-refractivity contribution is 7.98. The Morgan fingerprint density at radius 2 is 2.32 bits per heavy atom. The van der Waals surface area contributed by atoms with Gasteiger partial charge < -0.3 is 0 Å². The fraction of sp³-hybridized carbons (Fsp3) is 0.429. The van der Waals surface area contributed by atoms with Crippen LogP contribution in [0.5, 0.6) is 0 Å². The molecule has 3 heterocycles. The summed E-state index contributed by atoms with van der Waals surface area (Å²) in [5.41, 5.74) is 2.52. The van der Waals surface area contributed by atoms with Crippen LogP contribution in [0.15, 0.2) is 23.5 Å². The van der Waals surface area contributed by atoms with Crippen LogP contribution in [-0.2, 0) is 19.5 Å². The average Bonchev–Trinajstić information content (AvgIpc) is 2.83. The molecule has 3 rings (SSSR count). The lowest BCUT2D eigenvalue weighted by Gasteiger charge is -2.27. The summed E-state index contributed by atoms with van der Waals surface area (Å²) in [5.74, 6) is 0. The van der Waals surface area contributed by atoms with Gasteiger partial charge in [-0.1, -0.05) is 11.8 Å². The predicted molar refractivity (Wildman–Crippen MR) is 80.7 cm³/mol. The molecule has 0 saturated carbocycles. The predicted octanol–water partition coefficient (Wildman–Crippen LogP) is 3.13. The van der Waals surface area contributed by atoms with Gasteiger partial charge >= 0.3 is 0 Å². The van der Waals surface area contributed by atoms with Crippen LogP contribution in [0.4, 0.5) is 0 Å². The molecule has 0 unspecified atom stereocenters. The Morgan fingerprint density at radius 3 is 3.05 bits per heavy atom. The summed E-state index contributed by atoms with van der Waals surface area (Å²) >= 11 is 3.51. The fourth-order valence-corrected chi connectivity index (χ4v) is 3.67. The molecule has 19 heavy (non-hydrogen) atoms. The van der Waals surface area contributed by atoms with Crippen molar-refractivity contribution in [3.63, 3.8) is 0 Å². The lowest BCUT2D eigenvalue weighted by atomic mass is 10.1. The Kier molecular flexibility index (Phi) is 3.86. The third kappa shape index (κ3) is 2.99. The van der Waals surface area contributed by atoms with Crippen molar-refractivity contribution in [2.45, 2.75) is 31.6 Å². The zero-order valence-electron chi connectivity index (χ0n) is 11.2. The summed E-state index contributed by atoms with van der Waals surface area (Å²) in [7, 11) is 0. The van der Waals surface area contributed by atoms with Crippen molar-refractivity contribution in [1.82, 2.24) is 14.9 Å². The zero-order valence-corrected chi connectivity index (χ0v) is 12.9. The van der Waals surface area contributed by atoms with Crippen LogP contribution in [0.1, 0.15) is 21.0 Å². The lowest BCUT2D eigenvalue weighted by molar-refractivity contribution is 0.244. The van der Waals surface area contributed by atoms with E-state index in [1.54, 1.807) is 11.8 Å². The first kappa shape index (κ1) is 13.1. The number of thioether (sulfide) groups is 1. The molecule has 0 saturated heterocycles. The second-order valence-corrected chi connectivity index (χ2v) is 6.95. The van der Waals surface area contributed by atoms with Gasteiger partial charge in [0.2, 0.25) is 0 Å². The van der Waals surface area contributed by atoms with Gasteiger partial charge in [-0.05, 0) is 25.3 Å². The van der Waals surface area contributed by atoms with Crippen LogP contribution in [0.3, 0.4) is 0 Å². The maximum Gasteiger partial charge on any atom is 0.187 e. The van der Waals surface area contributed by atoms with E-state index in [0.29, 0.717) is 0 Å². The largest absolute Gasteiger partial charge is 0.293 e. The van der Waals surface area contributed by atoms with Gasteiger partial charge in [-0.15, -0.1) is 11.3 Å². The number of hydrogen-bond donors (Lipinski definition) is 0. The van der Waals surface area contributed by atoms with Gasteiger partial charge in [-0.2, -0.15) is 0 Å². The van der Waals surface area contributed by atoms with E-state index in [2.05, 4.69) is 33.9 Å². The number of nitrogens with zero attached hydrogens (tertiary/aromatic N) is 3. The molecule has 1 aliphatic heterocycles. The Morgan fingerprint density at radius 1 is 1.42 bits per heavy atom. The maximum atomic E-state index is 4.61. The molecule has 0 N–H and O–H groups in total. The molecule has 0 atom stereocenters. The molecule has 100 valence electrons. The van der Waals surface area contributed by atoms with E-state index in [9.17, 15) is 0 Å². The van der Waals surface area contributed by atoms with Gasteiger partial charge in [0.15, 0.2) is 5.16 Å². The molecule has 0 aromatic carbocycles. The van der Waals surface area contributed by atoms with E-state index in [4.69, 9.17) is 0 Å². The van der Waals surface area contributed by atoms with Crippen LogP contribution in [-0.4, -0.2) is 27.7 Å². The highest BCUT2D eigenvalue weighted by atomic mass is 32.2. The molecular formula is C14H17N3S2. The van der Waals surface area contributed by atoms with E-state index in [1.165, 1.54) is 21.0 Å². The monoisotopic (exact) mass is 291 g/mol. The van der Waals surface area contributed by atoms with Gasteiger partial charge in [-0.25, -0.2) is 9.97 Å². The van der Waals surface area contributed by atoms with Crippen molar-refractivity contribution in [1.29, 1.82) is 0 Å². The molecule has 0 radical (unpaired) electrons. The van der Waals surface area contributed by atoms with Gasteiger partial charge in [0.05, 0.1) is 5.69 Å². The van der Waals surface area contributed by atoms with Crippen LogP contribution in [0.25, 0.3) is 0 Å². The van der Waals surface area contributed by atoms with Crippen molar-refractivity contribution >= 4 is 23.1 Å². The molecule has 0 spiro atoms. The highest BCUT2D eigenvalue weighted by Gasteiger charge is 2.18. The molecule has 2 aromatic rings. The minimum atomic E-state index is 0.890. The Hall–Kier alpha value is -0.910. The highest BCUT2D eigenvalue weighted by Crippen LogP contribution is 2.23. The minimum Gasteiger partial charge on any atom is -0.293 e. The molecule has 0 aliphatic carbocycles. The second-order valence-electron chi connectivity index (χ2n) is 4.80. The molecule has 5 heteroatoms. The van der Waals surface area contributed by atoms with Gasteiger partial charge in [0, 0.05) is 47.6 Å². The number of rotatable bonds is 3. The summed E-state index contributed by atoms with van der Waals surface area (Å²) in [6.45, 7) is 5.27. The van der Waals surface area contributed by atoms with Crippen molar-refractivity contribution in [2.24, 2.45) is 0 Å². The molecule has 3 nitrogen and oxygen atoms in total. The number of hydrogen-bond acceptors (Lipinski definition) is 5. The van der Waals surface area contributed by atoms with Gasteiger partial charge in [0.1, 0.15) is 0 Å². The molecule has 2 aromatic heterocycles. The first-order valence-corrected chi connectivity index (χ1v) is 8.45. The molecule has 0 fully saturated rings. The topological polar surface area (TPSA) is 29.0 Å². The maximum absolute atomic E-state index is 4.61. The molecule has 1 aliphatic rings. The third-order valence-electron chi connectivity index (χ3n) is 3.35. The van der Waals surface area contributed by atoms with E-state index in [0.717, 1.165) is 31.2 Å². The van der Waals surface area contributed by atoms with E-state index < -0.39 is 0 Å². The van der Waals surface area contributed by atoms with Crippen molar-refractivity contribution in [3.05, 3.63) is 39.3 Å². The van der Waals surface area contributed by atoms with Crippen LogP contribution in [0, 0.1) is 6.92 Å². The van der Waals surface area contributed by atoms with Crippen molar-refractivity contribution < 1.29 is 0 Å². The summed E-state index contributed by atoms with van der Waals surface area (Å²) in [6.07, 6.45) is 5.06. The number of thiophene rings is 1. The summed E-state index contributed by atoms with van der Waals surface area (Å²) < 4.78 is 0. The Balaban J connectivity index is 1.71. The first-order valence-electron chi connectivity index (χ1n) is 6.41. The normalized spacial score (nSPS) is 15.5. The lowest BCUT2D eigenvalue weighted by Crippen LogP contribution is -2.30. The summed E-state index contributed by atoms with van der Waals surface area (Å²) in [4.78, 5) is 14.3. The number of fused-ring (bicyclic) bond motifs is 1. The minimum absolute atomic E-state index is 0.890. The number of aromatic nitrogens is 2. The SMILES string of the molecule is CSc1ncc2c(n1)CCN(Cc1ccc(C)s1)C2. The number of aryl methyl sites for hydroxylation is 1. The summed E-state index contributed by atoms with van der Waals surface area (Å²) in [6, 6.07) is 4.44. The van der Waals surface area contributed by atoms with Crippen molar-refractivity contribution in [3.8, 4) is 0 Å². The van der Waals surface area contributed by atoms with Crippen LogP contribution < -0.4 is 0 Å². The van der Waals surface area contributed by atoms with Crippen LogP contribution >= 0.6 is 23.1 Å². The molecule has 0 amide bonds. The first-order chi connectivity index (χ1) is 9.24. The third-order valence-corrected chi connectivity index (χ3v) is 4.90. The average molecular weight is 291 g/mol.